The zero-order valence-electron chi connectivity index (χ0n) is 16.4. The molecule has 0 aliphatic heterocycles. The highest BCUT2D eigenvalue weighted by Gasteiger charge is 2.15. The van der Waals surface area contributed by atoms with E-state index in [2.05, 4.69) is 24.4 Å². The van der Waals surface area contributed by atoms with Crippen molar-refractivity contribution in [1.29, 1.82) is 0 Å². The number of aromatic nitrogens is 4. The number of carbonyl (C=O) groups excluding carboxylic acids is 2. The van der Waals surface area contributed by atoms with Gasteiger partial charge in [-0.25, -0.2) is 19.9 Å². The lowest BCUT2D eigenvalue weighted by atomic mass is 9.88. The summed E-state index contributed by atoms with van der Waals surface area (Å²) < 4.78 is 9.84. The van der Waals surface area contributed by atoms with Gasteiger partial charge in [0, 0.05) is 12.4 Å². The van der Waals surface area contributed by atoms with Crippen molar-refractivity contribution >= 4 is 48.6 Å². The molecule has 0 atom stereocenters. The normalized spacial score (nSPS) is 9.66. The largest absolute Gasteiger partial charge is 0.526 e. The lowest BCUT2D eigenvalue weighted by Gasteiger charge is -1.95. The first-order chi connectivity index (χ1) is 15.3. The average Bonchev–Trinajstić information content (AvgIpc) is 3.44. The summed E-state index contributed by atoms with van der Waals surface area (Å²) in [7, 11) is -1.64. The summed E-state index contributed by atoms with van der Waals surface area (Å²) in [5, 5.41) is 17.5. The molecule has 0 radical (unpaired) electrons. The van der Waals surface area contributed by atoms with Gasteiger partial charge in [-0.3, -0.25) is 9.59 Å². The maximum atomic E-state index is 10.4. The lowest BCUT2D eigenvalue weighted by molar-refractivity contribution is 0.109. The number of halogens is 2. The van der Waals surface area contributed by atoms with Crippen molar-refractivity contribution in [2.45, 2.75) is 6.92 Å². The summed E-state index contributed by atoms with van der Waals surface area (Å²) in [5.74, 6) is 1.64. The van der Waals surface area contributed by atoms with E-state index in [1.807, 2.05) is 0 Å². The molecule has 32 heavy (non-hydrogen) atoms. The highest BCUT2D eigenvalue weighted by molar-refractivity contribution is 6.57. The van der Waals surface area contributed by atoms with Gasteiger partial charge in [-0.1, -0.05) is 11.6 Å². The predicted octanol–water partition coefficient (Wildman–Crippen LogP) is 2.41. The maximum absolute atomic E-state index is 10.4. The van der Waals surface area contributed by atoms with Gasteiger partial charge < -0.3 is 18.9 Å². The summed E-state index contributed by atoms with van der Waals surface area (Å²) in [6.45, 7) is 1.80. The third kappa shape index (κ3) is 8.04. The van der Waals surface area contributed by atoms with Gasteiger partial charge in [0.25, 0.3) is 0 Å². The van der Waals surface area contributed by atoms with Crippen molar-refractivity contribution in [1.82, 2.24) is 19.9 Å². The Hall–Kier alpha value is -3.38. The highest BCUT2D eigenvalue weighted by Crippen LogP contribution is 2.18. The first kappa shape index (κ1) is 24.9. The number of hydrogen-bond acceptors (Lipinski definition) is 10. The predicted molar refractivity (Wildman–Crippen MR) is 116 cm³/mol. The molecule has 0 amide bonds. The zero-order chi connectivity index (χ0) is 23.5. The Morgan fingerprint density at radius 2 is 1.53 bits per heavy atom. The number of nitrogens with zero attached hydrogens (tertiary/aromatic N) is 4. The molecule has 164 valence electrons. The Labute approximate surface area is 192 Å². The molecule has 0 bridgehead atoms. The molecule has 4 aromatic heterocycles. The molecule has 4 rings (SSSR count). The van der Waals surface area contributed by atoms with E-state index >= 15 is 0 Å². The van der Waals surface area contributed by atoms with Crippen LogP contribution in [0.15, 0.2) is 57.6 Å². The first-order valence-electron chi connectivity index (χ1n) is 8.72. The van der Waals surface area contributed by atoms with Crippen LogP contribution in [-0.4, -0.2) is 49.7 Å². The smallest absolute Gasteiger partial charge is 0.462 e. The minimum absolute atomic E-state index is 0.0258. The van der Waals surface area contributed by atoms with Gasteiger partial charge in [-0.15, -0.1) is 0 Å². The summed E-state index contributed by atoms with van der Waals surface area (Å²) in [5.41, 5.74) is 0.660. The molecule has 13 heteroatoms. The molecule has 0 fully saturated rings. The summed E-state index contributed by atoms with van der Waals surface area (Å²) in [6.07, 6.45) is 4.31. The van der Waals surface area contributed by atoms with Gasteiger partial charge in [0.1, 0.15) is 22.3 Å². The Balaban J connectivity index is 0.000000178. The molecule has 2 N–H and O–H groups in total. The van der Waals surface area contributed by atoms with E-state index in [0.29, 0.717) is 40.8 Å². The fourth-order valence-electron chi connectivity index (χ4n) is 2.03. The van der Waals surface area contributed by atoms with Gasteiger partial charge >= 0.3 is 7.12 Å². The molecular formula is C19H15BCl2N4O6. The fourth-order valence-corrected chi connectivity index (χ4v) is 2.36. The number of furan rings is 2. The van der Waals surface area contributed by atoms with Crippen LogP contribution in [0.4, 0.5) is 0 Å². The van der Waals surface area contributed by atoms with Crippen LogP contribution in [0.2, 0.25) is 10.4 Å². The van der Waals surface area contributed by atoms with Crippen LogP contribution < -0.4 is 5.66 Å². The van der Waals surface area contributed by atoms with Crippen molar-refractivity contribution < 1.29 is 28.5 Å². The molecule has 10 nitrogen and oxygen atoms in total. The van der Waals surface area contributed by atoms with E-state index in [-0.39, 0.29) is 16.7 Å². The Bertz CT molecular complexity index is 1150. The quantitative estimate of drug-likeness (QED) is 0.194. The Morgan fingerprint density at radius 3 is 2.00 bits per heavy atom. The molecule has 0 unspecified atom stereocenters. The summed E-state index contributed by atoms with van der Waals surface area (Å²) in [4.78, 5) is 35.7. The van der Waals surface area contributed by atoms with Crippen molar-refractivity contribution in [2.75, 3.05) is 0 Å². The Morgan fingerprint density at radius 1 is 0.875 bits per heavy atom. The minimum atomic E-state index is -1.64. The third-order valence-corrected chi connectivity index (χ3v) is 3.77. The molecule has 0 saturated heterocycles. The van der Waals surface area contributed by atoms with E-state index in [1.165, 1.54) is 18.3 Å². The van der Waals surface area contributed by atoms with Gasteiger partial charge in [0.2, 0.25) is 5.28 Å². The molecular weight excluding hydrogens is 462 g/mol. The topological polar surface area (TPSA) is 152 Å². The average molecular weight is 477 g/mol. The van der Waals surface area contributed by atoms with E-state index < -0.39 is 7.12 Å². The molecule has 4 aromatic rings. The van der Waals surface area contributed by atoms with Crippen molar-refractivity contribution in [2.24, 2.45) is 0 Å². The van der Waals surface area contributed by atoms with E-state index in [9.17, 15) is 9.59 Å². The van der Waals surface area contributed by atoms with Crippen LogP contribution in [0.5, 0.6) is 0 Å². The van der Waals surface area contributed by atoms with Crippen LogP contribution in [-0.2, 0) is 0 Å². The monoisotopic (exact) mass is 476 g/mol. The molecule has 4 heterocycles. The Kier molecular flexibility index (Phi) is 9.70. The molecule has 0 spiro atoms. The van der Waals surface area contributed by atoms with Crippen molar-refractivity contribution in [3.63, 3.8) is 0 Å². The maximum Gasteiger partial charge on any atom is 0.526 e. The molecule has 0 aromatic carbocycles. The van der Waals surface area contributed by atoms with Gasteiger partial charge in [0.05, 0.1) is 0 Å². The van der Waals surface area contributed by atoms with Crippen LogP contribution in [0.1, 0.15) is 26.9 Å². The van der Waals surface area contributed by atoms with Gasteiger partial charge in [0.15, 0.2) is 29.9 Å². The summed E-state index contributed by atoms with van der Waals surface area (Å²) >= 11 is 10.7. The zero-order valence-corrected chi connectivity index (χ0v) is 17.9. The second-order valence-electron chi connectivity index (χ2n) is 5.69. The number of rotatable bonds is 4. The molecule has 0 aliphatic carbocycles. The van der Waals surface area contributed by atoms with E-state index in [4.69, 9.17) is 37.7 Å². The minimum Gasteiger partial charge on any atom is -0.462 e. The van der Waals surface area contributed by atoms with E-state index in [1.54, 1.807) is 37.4 Å². The second-order valence-corrected chi connectivity index (χ2v) is 6.41. The number of aryl methyl sites for hydroxylation is 1. The van der Waals surface area contributed by atoms with Crippen molar-refractivity contribution in [3.05, 3.63) is 76.6 Å². The van der Waals surface area contributed by atoms with Gasteiger partial charge in [-0.2, -0.15) is 0 Å². The molecule has 0 saturated carbocycles. The highest BCUT2D eigenvalue weighted by atomic mass is 35.5. The number of hydrogen-bond donors (Lipinski definition) is 2. The number of aldehydes is 2. The molecule has 0 aliphatic rings. The van der Waals surface area contributed by atoms with Crippen molar-refractivity contribution in [3.8, 4) is 11.5 Å². The number of carbonyl (C=O) groups is 2. The summed E-state index contributed by atoms with van der Waals surface area (Å²) in [6, 6.07) is 9.31. The van der Waals surface area contributed by atoms with Crippen LogP contribution >= 0.6 is 23.2 Å². The van der Waals surface area contributed by atoms with Crippen LogP contribution in [0.25, 0.3) is 11.5 Å². The second kappa shape index (κ2) is 12.5. The van der Waals surface area contributed by atoms with E-state index in [0.717, 1.165) is 0 Å². The first-order valence-corrected chi connectivity index (χ1v) is 9.48. The third-order valence-electron chi connectivity index (χ3n) is 3.38. The lowest BCUT2D eigenvalue weighted by Crippen LogP contribution is -2.27. The standard InChI is InChI=1S/C10H8N2O2.C5H5BO4.C4H2Cl2N2/c1-7-11-5-4-9(12-7)10-3-2-8(6-13)14-10;7-3-4-1-2-5(10-4)6(8)9;5-3-1-2-7-4(6)8-3/h2-6H,1H3;1-3,8-9H;1-2H. The van der Waals surface area contributed by atoms with Crippen LogP contribution in [0, 0.1) is 6.92 Å². The SMILES string of the molecule is Cc1nccc(-c2ccc(C=O)o2)n1.Clc1ccnc(Cl)n1.O=Cc1ccc(B(O)O)o1. The van der Waals surface area contributed by atoms with Gasteiger partial charge in [-0.05, 0) is 54.9 Å². The van der Waals surface area contributed by atoms with Crippen LogP contribution in [0.3, 0.4) is 0 Å². The fraction of sp³-hybridized carbons (Fsp3) is 0.0526.